The first kappa shape index (κ1) is 15.8. The van der Waals surface area contributed by atoms with Gasteiger partial charge in [0.2, 0.25) is 5.91 Å². The van der Waals surface area contributed by atoms with E-state index in [9.17, 15) is 9.59 Å². The number of carbonyl (C=O) groups excluding carboxylic acids is 2. The molecule has 2 fully saturated rings. The highest BCUT2D eigenvalue weighted by Gasteiger charge is 2.32. The van der Waals surface area contributed by atoms with Crippen LogP contribution in [0.5, 0.6) is 0 Å². The number of rotatable bonds is 2. The summed E-state index contributed by atoms with van der Waals surface area (Å²) >= 11 is 0. The van der Waals surface area contributed by atoms with Crippen molar-refractivity contribution in [2.75, 3.05) is 24.5 Å². The van der Waals surface area contributed by atoms with Crippen molar-refractivity contribution in [2.24, 2.45) is 0 Å². The van der Waals surface area contributed by atoms with Gasteiger partial charge in [-0.1, -0.05) is 30.5 Å². The Morgan fingerprint density at radius 1 is 1.09 bits per heavy atom. The van der Waals surface area contributed by atoms with Gasteiger partial charge in [0.15, 0.2) is 0 Å². The van der Waals surface area contributed by atoms with Crippen LogP contribution >= 0.6 is 0 Å². The number of hydrogen-bond acceptors (Lipinski definition) is 2. The summed E-state index contributed by atoms with van der Waals surface area (Å²) in [5.74, 6) is 0.0787. The molecule has 1 unspecified atom stereocenters. The van der Waals surface area contributed by atoms with Crippen LogP contribution < -0.4 is 10.2 Å². The Balaban J connectivity index is 1.58. The molecule has 5 heteroatoms. The van der Waals surface area contributed by atoms with Crippen LogP contribution in [0.4, 0.5) is 10.5 Å². The summed E-state index contributed by atoms with van der Waals surface area (Å²) in [5.41, 5.74) is 2.08. The van der Waals surface area contributed by atoms with Crippen LogP contribution in [0.25, 0.3) is 0 Å². The van der Waals surface area contributed by atoms with Crippen LogP contribution in [-0.4, -0.2) is 42.5 Å². The summed E-state index contributed by atoms with van der Waals surface area (Å²) in [7, 11) is 0. The third-order valence-electron chi connectivity index (χ3n) is 4.69. The average Bonchev–Trinajstić information content (AvgIpc) is 2.76. The Labute approximate surface area is 137 Å². The van der Waals surface area contributed by atoms with E-state index in [4.69, 9.17) is 0 Å². The number of nitrogens with one attached hydrogen (secondary N) is 1. The maximum absolute atomic E-state index is 12.4. The Morgan fingerprint density at radius 2 is 1.74 bits per heavy atom. The second-order valence-corrected chi connectivity index (χ2v) is 6.59. The third kappa shape index (κ3) is 3.84. The molecule has 0 radical (unpaired) electrons. The smallest absolute Gasteiger partial charge is 0.317 e. The van der Waals surface area contributed by atoms with Crippen molar-refractivity contribution < 1.29 is 9.59 Å². The van der Waals surface area contributed by atoms with Gasteiger partial charge in [0.1, 0.15) is 0 Å². The Hall–Kier alpha value is -2.04. The molecular formula is C18H25N3O2. The summed E-state index contributed by atoms with van der Waals surface area (Å²) in [6.45, 7) is 4.24. The summed E-state index contributed by atoms with van der Waals surface area (Å²) < 4.78 is 0. The molecule has 3 amide bonds. The van der Waals surface area contributed by atoms with Crippen LogP contribution in [-0.2, 0) is 4.79 Å². The summed E-state index contributed by atoms with van der Waals surface area (Å²) in [4.78, 5) is 28.3. The second-order valence-electron chi connectivity index (χ2n) is 6.59. The largest absolute Gasteiger partial charge is 0.333 e. The first-order valence-corrected chi connectivity index (χ1v) is 8.56. The fraction of sp³-hybridized carbons (Fsp3) is 0.556. The lowest BCUT2D eigenvalue weighted by atomic mass is 10.2. The first-order valence-electron chi connectivity index (χ1n) is 8.56. The van der Waals surface area contributed by atoms with E-state index in [1.807, 2.05) is 36.1 Å². The zero-order chi connectivity index (χ0) is 16.2. The highest BCUT2D eigenvalue weighted by molar-refractivity contribution is 5.96. The van der Waals surface area contributed by atoms with Crippen LogP contribution in [0, 0.1) is 6.92 Å². The molecule has 2 heterocycles. The van der Waals surface area contributed by atoms with E-state index in [0.717, 1.165) is 31.6 Å². The second kappa shape index (κ2) is 7.02. The maximum atomic E-state index is 12.4. The molecule has 1 aromatic rings. The normalized spacial score (nSPS) is 22.1. The van der Waals surface area contributed by atoms with E-state index in [0.29, 0.717) is 13.0 Å². The Kier molecular flexibility index (Phi) is 4.84. The standard InChI is InChI=1S/C18H25N3O2/c1-14-6-8-16(9-7-14)21-13-15(12-17(21)22)19-18(23)20-10-4-2-3-5-11-20/h6-9,15H,2-5,10-13H2,1H3,(H,19,23). The zero-order valence-electron chi connectivity index (χ0n) is 13.8. The molecule has 124 valence electrons. The number of hydrogen-bond donors (Lipinski definition) is 1. The number of carbonyl (C=O) groups is 2. The van der Waals surface area contributed by atoms with E-state index in [1.54, 1.807) is 4.90 Å². The Morgan fingerprint density at radius 3 is 2.39 bits per heavy atom. The summed E-state index contributed by atoms with van der Waals surface area (Å²) in [6, 6.07) is 7.82. The molecule has 0 bridgehead atoms. The fourth-order valence-electron chi connectivity index (χ4n) is 3.32. The van der Waals surface area contributed by atoms with E-state index in [1.165, 1.54) is 18.4 Å². The van der Waals surface area contributed by atoms with Gasteiger partial charge in [-0.05, 0) is 31.9 Å². The van der Waals surface area contributed by atoms with Gasteiger partial charge in [0.05, 0.1) is 6.04 Å². The SMILES string of the molecule is Cc1ccc(N2CC(NC(=O)N3CCCCCC3)CC2=O)cc1. The molecule has 2 aliphatic heterocycles. The van der Waals surface area contributed by atoms with E-state index in [-0.39, 0.29) is 18.0 Å². The van der Waals surface area contributed by atoms with Crippen molar-refractivity contribution in [1.29, 1.82) is 0 Å². The van der Waals surface area contributed by atoms with Crippen molar-refractivity contribution in [3.63, 3.8) is 0 Å². The molecule has 2 saturated heterocycles. The topological polar surface area (TPSA) is 52.7 Å². The van der Waals surface area contributed by atoms with E-state index < -0.39 is 0 Å². The predicted octanol–water partition coefficient (Wildman–Crippen LogP) is 2.69. The molecule has 0 spiro atoms. The number of benzene rings is 1. The van der Waals surface area contributed by atoms with Crippen LogP contribution in [0.1, 0.15) is 37.7 Å². The van der Waals surface area contributed by atoms with Gasteiger partial charge in [0.25, 0.3) is 0 Å². The molecule has 0 saturated carbocycles. The number of amides is 3. The van der Waals surface area contributed by atoms with Gasteiger partial charge in [-0.25, -0.2) is 4.79 Å². The molecule has 23 heavy (non-hydrogen) atoms. The lowest BCUT2D eigenvalue weighted by molar-refractivity contribution is -0.117. The van der Waals surface area contributed by atoms with Crippen LogP contribution in [0.15, 0.2) is 24.3 Å². The van der Waals surface area contributed by atoms with Crippen LogP contribution in [0.3, 0.4) is 0 Å². The number of nitrogens with zero attached hydrogens (tertiary/aromatic N) is 2. The fourth-order valence-corrected chi connectivity index (χ4v) is 3.32. The van der Waals surface area contributed by atoms with Crippen molar-refractivity contribution in [3.8, 4) is 0 Å². The maximum Gasteiger partial charge on any atom is 0.317 e. The zero-order valence-corrected chi connectivity index (χ0v) is 13.8. The summed E-state index contributed by atoms with van der Waals surface area (Å²) in [6.07, 6.45) is 4.94. The number of aryl methyl sites for hydroxylation is 1. The molecule has 5 nitrogen and oxygen atoms in total. The number of likely N-dealkylation sites (tertiary alicyclic amines) is 1. The van der Waals surface area contributed by atoms with Gasteiger partial charge in [-0.15, -0.1) is 0 Å². The van der Waals surface area contributed by atoms with Crippen molar-refractivity contribution in [2.45, 2.75) is 45.1 Å². The number of urea groups is 1. The molecule has 1 N–H and O–H groups in total. The van der Waals surface area contributed by atoms with Gasteiger partial charge >= 0.3 is 6.03 Å². The van der Waals surface area contributed by atoms with E-state index in [2.05, 4.69) is 5.32 Å². The minimum atomic E-state index is -0.0976. The van der Waals surface area contributed by atoms with Crippen molar-refractivity contribution in [1.82, 2.24) is 10.2 Å². The Bertz CT molecular complexity index is 562. The van der Waals surface area contributed by atoms with Gasteiger partial charge in [-0.3, -0.25) is 4.79 Å². The third-order valence-corrected chi connectivity index (χ3v) is 4.69. The highest BCUT2D eigenvalue weighted by atomic mass is 16.2. The van der Waals surface area contributed by atoms with E-state index >= 15 is 0 Å². The highest BCUT2D eigenvalue weighted by Crippen LogP contribution is 2.22. The first-order chi connectivity index (χ1) is 11.1. The monoisotopic (exact) mass is 315 g/mol. The minimum Gasteiger partial charge on any atom is -0.333 e. The molecule has 0 aliphatic carbocycles. The van der Waals surface area contributed by atoms with Gasteiger partial charge < -0.3 is 15.1 Å². The van der Waals surface area contributed by atoms with Crippen molar-refractivity contribution >= 4 is 17.6 Å². The van der Waals surface area contributed by atoms with Gasteiger partial charge in [-0.2, -0.15) is 0 Å². The molecule has 0 aromatic heterocycles. The average molecular weight is 315 g/mol. The molecular weight excluding hydrogens is 290 g/mol. The quantitative estimate of drug-likeness (QED) is 0.912. The molecule has 1 atom stereocenters. The summed E-state index contributed by atoms with van der Waals surface area (Å²) in [5, 5.41) is 3.04. The lowest BCUT2D eigenvalue weighted by Gasteiger charge is -2.23. The number of anilines is 1. The van der Waals surface area contributed by atoms with Crippen LogP contribution in [0.2, 0.25) is 0 Å². The molecule has 2 aliphatic rings. The minimum absolute atomic E-state index is 0.0181. The predicted molar refractivity (Wildman–Crippen MR) is 90.5 cm³/mol. The lowest BCUT2D eigenvalue weighted by Crippen LogP contribution is -2.46. The van der Waals surface area contributed by atoms with Gasteiger partial charge in [0, 0.05) is 31.7 Å². The molecule has 1 aromatic carbocycles. The van der Waals surface area contributed by atoms with Crippen molar-refractivity contribution in [3.05, 3.63) is 29.8 Å². The molecule has 3 rings (SSSR count).